The SMILES string of the molecule is CN(C)c1nc(Cl)c(C(=O)OCc2ccc(C3(F)COC3)cc2)s1. The molecule has 0 saturated carbocycles. The summed E-state index contributed by atoms with van der Waals surface area (Å²) in [7, 11) is 3.63. The van der Waals surface area contributed by atoms with Crippen LogP contribution in [0.25, 0.3) is 0 Å². The first-order valence-corrected chi connectivity index (χ1v) is 8.45. The Hall–Kier alpha value is -1.70. The first-order valence-electron chi connectivity index (χ1n) is 7.26. The third-order valence-electron chi connectivity index (χ3n) is 3.65. The number of halogens is 2. The van der Waals surface area contributed by atoms with E-state index in [2.05, 4.69) is 4.98 Å². The number of thiazole rings is 1. The Balaban J connectivity index is 1.62. The van der Waals surface area contributed by atoms with Crippen molar-refractivity contribution in [3.05, 3.63) is 45.4 Å². The zero-order valence-electron chi connectivity index (χ0n) is 13.2. The summed E-state index contributed by atoms with van der Waals surface area (Å²) in [6, 6.07) is 6.86. The van der Waals surface area contributed by atoms with Gasteiger partial charge in [0.25, 0.3) is 0 Å². The number of nitrogens with zero attached hydrogens (tertiary/aromatic N) is 2. The number of benzene rings is 1. The fourth-order valence-corrected chi connectivity index (χ4v) is 3.27. The largest absolute Gasteiger partial charge is 0.457 e. The van der Waals surface area contributed by atoms with E-state index in [-0.39, 0.29) is 29.9 Å². The number of carbonyl (C=O) groups excluding carboxylic acids is 1. The van der Waals surface area contributed by atoms with Gasteiger partial charge in [0.15, 0.2) is 20.8 Å². The van der Waals surface area contributed by atoms with Crippen LogP contribution in [0.5, 0.6) is 0 Å². The maximum atomic E-state index is 14.2. The third-order valence-corrected chi connectivity index (χ3v) is 5.23. The molecule has 0 amide bonds. The van der Waals surface area contributed by atoms with E-state index in [1.807, 2.05) is 14.1 Å². The van der Waals surface area contributed by atoms with Crippen molar-refractivity contribution in [2.45, 2.75) is 12.3 Å². The van der Waals surface area contributed by atoms with E-state index in [9.17, 15) is 9.18 Å². The second kappa shape index (κ2) is 6.66. The first kappa shape index (κ1) is 17.1. The second-order valence-corrected chi connectivity index (χ2v) is 7.08. The van der Waals surface area contributed by atoms with Gasteiger partial charge in [0.1, 0.15) is 6.61 Å². The predicted molar refractivity (Wildman–Crippen MR) is 90.6 cm³/mol. The van der Waals surface area contributed by atoms with Gasteiger partial charge < -0.3 is 14.4 Å². The Morgan fingerprint density at radius 1 is 1.42 bits per heavy atom. The highest BCUT2D eigenvalue weighted by molar-refractivity contribution is 7.18. The molecule has 2 heterocycles. The Bertz CT molecular complexity index is 744. The van der Waals surface area contributed by atoms with E-state index in [0.29, 0.717) is 10.7 Å². The van der Waals surface area contributed by atoms with Crippen molar-refractivity contribution in [3.8, 4) is 0 Å². The van der Waals surface area contributed by atoms with Crippen molar-refractivity contribution in [2.24, 2.45) is 0 Å². The summed E-state index contributed by atoms with van der Waals surface area (Å²) in [4.78, 5) is 18.3. The van der Waals surface area contributed by atoms with Crippen molar-refractivity contribution in [1.82, 2.24) is 4.98 Å². The molecule has 0 atom stereocenters. The lowest BCUT2D eigenvalue weighted by molar-refractivity contribution is -0.135. The Labute approximate surface area is 148 Å². The molecule has 0 radical (unpaired) electrons. The highest BCUT2D eigenvalue weighted by Gasteiger charge is 2.40. The van der Waals surface area contributed by atoms with Gasteiger partial charge >= 0.3 is 5.97 Å². The third kappa shape index (κ3) is 3.38. The van der Waals surface area contributed by atoms with Gasteiger partial charge in [-0.15, -0.1) is 0 Å². The molecule has 0 bridgehead atoms. The average molecular weight is 371 g/mol. The minimum absolute atomic E-state index is 0.0828. The van der Waals surface area contributed by atoms with Crippen LogP contribution in [0, 0.1) is 0 Å². The molecule has 128 valence electrons. The number of rotatable bonds is 5. The summed E-state index contributed by atoms with van der Waals surface area (Å²) < 4.78 is 24.4. The Morgan fingerprint density at radius 2 is 2.08 bits per heavy atom. The van der Waals surface area contributed by atoms with Crippen molar-refractivity contribution in [2.75, 3.05) is 32.2 Å². The molecule has 1 saturated heterocycles. The molecule has 0 aliphatic carbocycles. The summed E-state index contributed by atoms with van der Waals surface area (Å²) in [6.45, 7) is 0.249. The topological polar surface area (TPSA) is 51.7 Å². The van der Waals surface area contributed by atoms with Crippen molar-refractivity contribution in [1.29, 1.82) is 0 Å². The standard InChI is InChI=1S/C16H16ClFN2O3S/c1-20(2)15-19-13(17)12(24-15)14(21)23-7-10-3-5-11(6-4-10)16(18)8-22-9-16/h3-6H,7-9H2,1-2H3. The van der Waals surface area contributed by atoms with Gasteiger partial charge in [-0.3, -0.25) is 0 Å². The molecule has 1 aromatic carbocycles. The molecule has 5 nitrogen and oxygen atoms in total. The zero-order valence-corrected chi connectivity index (χ0v) is 14.8. The molecule has 1 aromatic heterocycles. The lowest BCUT2D eigenvalue weighted by Crippen LogP contribution is -2.42. The molecule has 0 spiro atoms. The van der Waals surface area contributed by atoms with Gasteiger partial charge in [-0.1, -0.05) is 47.2 Å². The summed E-state index contributed by atoms with van der Waals surface area (Å²) in [5.74, 6) is -0.524. The van der Waals surface area contributed by atoms with Crippen molar-refractivity contribution < 1.29 is 18.7 Å². The minimum Gasteiger partial charge on any atom is -0.457 e. The van der Waals surface area contributed by atoms with Crippen molar-refractivity contribution in [3.63, 3.8) is 0 Å². The van der Waals surface area contributed by atoms with Crippen molar-refractivity contribution >= 4 is 34.0 Å². The highest BCUT2D eigenvalue weighted by atomic mass is 35.5. The van der Waals surface area contributed by atoms with Crippen LogP contribution in [-0.2, 0) is 21.7 Å². The maximum Gasteiger partial charge on any atom is 0.351 e. The maximum absolute atomic E-state index is 14.2. The molecule has 0 N–H and O–H groups in total. The molecule has 1 fully saturated rings. The smallest absolute Gasteiger partial charge is 0.351 e. The number of hydrogen-bond donors (Lipinski definition) is 0. The van der Waals surface area contributed by atoms with E-state index < -0.39 is 11.6 Å². The summed E-state index contributed by atoms with van der Waals surface area (Å²) in [6.07, 6.45) is 0. The van der Waals surface area contributed by atoms with Gasteiger partial charge in [0, 0.05) is 14.1 Å². The molecule has 2 aromatic rings. The van der Waals surface area contributed by atoms with Crippen LogP contribution < -0.4 is 4.90 Å². The average Bonchev–Trinajstić information content (AvgIpc) is 2.93. The van der Waals surface area contributed by atoms with Gasteiger partial charge in [0.05, 0.1) is 13.2 Å². The van der Waals surface area contributed by atoms with Gasteiger partial charge in [-0.05, 0) is 11.1 Å². The second-order valence-electron chi connectivity index (χ2n) is 5.74. The van der Waals surface area contributed by atoms with Crippen LogP contribution >= 0.6 is 22.9 Å². The van der Waals surface area contributed by atoms with E-state index in [0.717, 1.165) is 5.56 Å². The predicted octanol–water partition coefficient (Wildman–Crippen LogP) is 3.41. The van der Waals surface area contributed by atoms with E-state index in [1.165, 1.54) is 11.3 Å². The Morgan fingerprint density at radius 3 is 2.58 bits per heavy atom. The highest BCUT2D eigenvalue weighted by Crippen LogP contribution is 2.34. The van der Waals surface area contributed by atoms with Crippen LogP contribution in [-0.4, -0.2) is 38.3 Å². The molecule has 1 aliphatic heterocycles. The fourth-order valence-electron chi connectivity index (χ4n) is 2.17. The lowest BCUT2D eigenvalue weighted by atomic mass is 9.93. The van der Waals surface area contributed by atoms with Crippen LogP contribution in [0.15, 0.2) is 24.3 Å². The van der Waals surface area contributed by atoms with Crippen LogP contribution in [0.2, 0.25) is 5.15 Å². The molecular weight excluding hydrogens is 355 g/mol. The lowest BCUT2D eigenvalue weighted by Gasteiger charge is -2.34. The summed E-state index contributed by atoms with van der Waals surface area (Å²) >= 11 is 7.15. The number of ether oxygens (including phenoxy) is 2. The Kier molecular flexibility index (Phi) is 4.76. The molecule has 0 unspecified atom stereocenters. The number of alkyl halides is 1. The van der Waals surface area contributed by atoms with Crippen LogP contribution in [0.1, 0.15) is 20.8 Å². The van der Waals surface area contributed by atoms with Gasteiger partial charge in [-0.2, -0.15) is 0 Å². The summed E-state index contributed by atoms with van der Waals surface area (Å²) in [5, 5.41) is 0.765. The number of anilines is 1. The zero-order chi connectivity index (χ0) is 17.3. The number of carbonyl (C=O) groups is 1. The number of esters is 1. The van der Waals surface area contributed by atoms with E-state index in [1.54, 1.807) is 29.2 Å². The van der Waals surface area contributed by atoms with Crippen LogP contribution in [0.3, 0.4) is 0 Å². The normalized spacial score (nSPS) is 15.7. The van der Waals surface area contributed by atoms with E-state index >= 15 is 0 Å². The van der Waals surface area contributed by atoms with Crippen LogP contribution in [0.4, 0.5) is 9.52 Å². The first-order chi connectivity index (χ1) is 11.4. The van der Waals surface area contributed by atoms with Gasteiger partial charge in [-0.25, -0.2) is 14.2 Å². The minimum atomic E-state index is -1.39. The monoisotopic (exact) mass is 370 g/mol. The number of hydrogen-bond acceptors (Lipinski definition) is 6. The molecule has 8 heteroatoms. The quantitative estimate of drug-likeness (QED) is 0.755. The molecule has 1 aliphatic rings. The fraction of sp³-hybridized carbons (Fsp3) is 0.375. The summed E-state index contributed by atoms with van der Waals surface area (Å²) in [5.41, 5.74) is -0.0529. The van der Waals surface area contributed by atoms with E-state index in [4.69, 9.17) is 21.1 Å². The number of aromatic nitrogens is 1. The molecule has 24 heavy (non-hydrogen) atoms. The molecule has 3 rings (SSSR count). The van der Waals surface area contributed by atoms with Gasteiger partial charge in [0.2, 0.25) is 0 Å². The molecular formula is C16H16ClFN2O3S.